The molecule has 0 radical (unpaired) electrons. The number of hydrogen-bond acceptors (Lipinski definition) is 11. The van der Waals surface area contributed by atoms with Crippen molar-refractivity contribution in [3.63, 3.8) is 0 Å². The number of thioether (sulfide) groups is 1. The second-order valence-corrected chi connectivity index (χ2v) is 11.9. The summed E-state index contributed by atoms with van der Waals surface area (Å²) < 4.78 is 0.548. The van der Waals surface area contributed by atoms with Crippen LogP contribution in [0.25, 0.3) is 0 Å². The number of Topliss-reactive ketones (excluding diaryl/α,β-unsaturated/α-hetero) is 1. The Balaban J connectivity index is 1.47. The second kappa shape index (κ2) is 10.8. The van der Waals surface area contributed by atoms with E-state index in [4.69, 9.17) is 28.9 Å². The molecule has 3 aromatic rings. The lowest BCUT2D eigenvalue weighted by molar-refractivity contribution is -0.116. The third kappa shape index (κ3) is 5.10. The summed E-state index contributed by atoms with van der Waals surface area (Å²) in [6.45, 7) is 0. The van der Waals surface area contributed by atoms with Gasteiger partial charge < -0.3 is 11.1 Å². The molecule has 1 aliphatic carbocycles. The average molecular weight is 591 g/mol. The van der Waals surface area contributed by atoms with E-state index in [0.717, 1.165) is 0 Å². The predicted molar refractivity (Wildman–Crippen MR) is 146 cm³/mol. The molecule has 14 heteroatoms. The number of nitrogens with two attached hydrogens (primary N) is 1. The first-order valence-electron chi connectivity index (χ1n) is 10.9. The number of amides is 1. The molecule has 1 atom stereocenters. The maximum Gasteiger partial charge on any atom is 0.236 e. The van der Waals surface area contributed by atoms with Crippen molar-refractivity contribution in [2.45, 2.75) is 29.5 Å². The van der Waals surface area contributed by atoms with Gasteiger partial charge in [-0.2, -0.15) is 5.26 Å². The number of hydrogen-bond donors (Lipinski definition) is 2. The van der Waals surface area contributed by atoms with Crippen molar-refractivity contribution in [3.05, 3.63) is 68.0 Å². The summed E-state index contributed by atoms with van der Waals surface area (Å²) in [6.07, 6.45) is 3.21. The number of nitrogens with zero attached hydrogens (tertiary/aromatic N) is 5. The summed E-state index contributed by atoms with van der Waals surface area (Å²) in [5.41, 5.74) is 8.64. The summed E-state index contributed by atoms with van der Waals surface area (Å²) >= 11 is 16.2. The van der Waals surface area contributed by atoms with Gasteiger partial charge >= 0.3 is 0 Å². The van der Waals surface area contributed by atoms with Crippen LogP contribution in [0.2, 0.25) is 10.0 Å². The van der Waals surface area contributed by atoms with Gasteiger partial charge in [0.1, 0.15) is 5.82 Å². The molecule has 1 aromatic carbocycles. The number of nitriles is 1. The molecular weight excluding hydrogens is 573 g/mol. The number of benzene rings is 1. The Kier molecular flexibility index (Phi) is 7.50. The first-order chi connectivity index (χ1) is 17.9. The molecule has 1 aliphatic heterocycles. The molecular formula is C23H17Cl2N7O2S3. The van der Waals surface area contributed by atoms with E-state index in [1.807, 2.05) is 0 Å². The van der Waals surface area contributed by atoms with Gasteiger partial charge in [-0.15, -0.1) is 21.5 Å². The van der Waals surface area contributed by atoms with Crippen LogP contribution in [0.1, 0.15) is 30.7 Å². The Bertz CT molecular complexity index is 1490. The van der Waals surface area contributed by atoms with Crippen molar-refractivity contribution in [2.75, 3.05) is 16.0 Å². The number of nitrogens with one attached hydrogen (secondary N) is 1. The van der Waals surface area contributed by atoms with Crippen LogP contribution < -0.4 is 16.0 Å². The van der Waals surface area contributed by atoms with E-state index in [-0.39, 0.29) is 28.8 Å². The molecule has 0 saturated heterocycles. The van der Waals surface area contributed by atoms with Crippen molar-refractivity contribution in [2.24, 2.45) is 5.73 Å². The molecule has 188 valence electrons. The fourth-order valence-electron chi connectivity index (χ4n) is 4.25. The van der Waals surface area contributed by atoms with E-state index in [9.17, 15) is 14.9 Å². The molecule has 3 N–H and O–H groups in total. The lowest BCUT2D eigenvalue weighted by atomic mass is 9.76. The van der Waals surface area contributed by atoms with Gasteiger partial charge in [0, 0.05) is 29.3 Å². The molecule has 1 unspecified atom stereocenters. The van der Waals surface area contributed by atoms with Crippen molar-refractivity contribution >= 4 is 79.6 Å². The van der Waals surface area contributed by atoms with Gasteiger partial charge in [0.25, 0.3) is 0 Å². The predicted octanol–water partition coefficient (Wildman–Crippen LogP) is 5.34. The highest BCUT2D eigenvalue weighted by atomic mass is 35.5. The highest BCUT2D eigenvalue weighted by molar-refractivity contribution is 8.01. The van der Waals surface area contributed by atoms with Gasteiger partial charge in [-0.05, 0) is 30.5 Å². The van der Waals surface area contributed by atoms with Gasteiger partial charge in [0.2, 0.25) is 11.0 Å². The number of carbonyl (C=O) groups is 2. The smallest absolute Gasteiger partial charge is 0.236 e. The number of halogens is 2. The minimum absolute atomic E-state index is 0.0551. The van der Waals surface area contributed by atoms with Crippen LogP contribution in [0.3, 0.4) is 0 Å². The summed E-state index contributed by atoms with van der Waals surface area (Å²) in [7, 11) is 0. The third-order valence-corrected chi connectivity index (χ3v) is 9.25. The molecule has 0 saturated carbocycles. The van der Waals surface area contributed by atoms with E-state index < -0.39 is 5.92 Å². The van der Waals surface area contributed by atoms with Crippen LogP contribution in [0, 0.1) is 11.3 Å². The summed E-state index contributed by atoms with van der Waals surface area (Å²) in [5.74, 6) is -0.625. The van der Waals surface area contributed by atoms with Crippen LogP contribution in [-0.4, -0.2) is 32.6 Å². The SMILES string of the molecule is N#CC1=C(N)N(c2nnc(SCC(=O)Nc3nccs3)s2)C2=C(C(=O)CCC2)C1c1ccc(Cl)c(Cl)c1. The zero-order valence-electron chi connectivity index (χ0n) is 18.9. The number of allylic oxidation sites excluding steroid dienone is 3. The normalized spacial score (nSPS) is 17.6. The van der Waals surface area contributed by atoms with Crippen molar-refractivity contribution < 1.29 is 9.59 Å². The summed E-state index contributed by atoms with van der Waals surface area (Å²) in [6, 6.07) is 7.26. The Labute approximate surface area is 234 Å². The van der Waals surface area contributed by atoms with Gasteiger partial charge in [0.05, 0.1) is 33.4 Å². The number of thiazole rings is 1. The number of aromatic nitrogens is 3. The lowest BCUT2D eigenvalue weighted by Crippen LogP contribution is -2.38. The Hall–Kier alpha value is -2.95. The van der Waals surface area contributed by atoms with E-state index in [1.54, 1.807) is 34.7 Å². The van der Waals surface area contributed by atoms with E-state index >= 15 is 0 Å². The van der Waals surface area contributed by atoms with Crippen LogP contribution >= 0.6 is 57.6 Å². The molecule has 0 bridgehead atoms. The van der Waals surface area contributed by atoms with Crippen molar-refractivity contribution in [3.8, 4) is 6.07 Å². The highest BCUT2D eigenvalue weighted by Gasteiger charge is 2.41. The number of anilines is 2. The zero-order valence-corrected chi connectivity index (χ0v) is 22.9. The van der Waals surface area contributed by atoms with Gasteiger partial charge in [-0.3, -0.25) is 14.5 Å². The minimum Gasteiger partial charge on any atom is -0.384 e. The molecule has 37 heavy (non-hydrogen) atoms. The van der Waals surface area contributed by atoms with Crippen molar-refractivity contribution in [1.82, 2.24) is 15.2 Å². The van der Waals surface area contributed by atoms with Gasteiger partial charge in [0.15, 0.2) is 15.3 Å². The Morgan fingerprint density at radius 3 is 2.86 bits per heavy atom. The van der Waals surface area contributed by atoms with Crippen LogP contribution in [0.15, 0.2) is 56.8 Å². The summed E-state index contributed by atoms with van der Waals surface area (Å²) in [5, 5.41) is 24.7. The molecule has 9 nitrogen and oxygen atoms in total. The van der Waals surface area contributed by atoms with Crippen LogP contribution in [0.5, 0.6) is 0 Å². The van der Waals surface area contributed by atoms with E-state index in [1.165, 1.54) is 34.4 Å². The Morgan fingerprint density at radius 2 is 2.14 bits per heavy atom. The molecule has 3 heterocycles. The van der Waals surface area contributed by atoms with Gasteiger partial charge in [-0.1, -0.05) is 52.4 Å². The number of carbonyl (C=O) groups excluding carboxylic acids is 2. The maximum absolute atomic E-state index is 13.2. The Morgan fingerprint density at radius 1 is 1.30 bits per heavy atom. The number of rotatable bonds is 6. The average Bonchev–Trinajstić information content (AvgIpc) is 3.56. The van der Waals surface area contributed by atoms with Crippen LogP contribution in [0.4, 0.5) is 10.3 Å². The third-order valence-electron chi connectivity index (χ3n) is 5.78. The molecule has 2 aromatic heterocycles. The van der Waals surface area contributed by atoms with E-state index in [0.29, 0.717) is 60.7 Å². The lowest BCUT2D eigenvalue weighted by Gasteiger charge is -2.38. The molecule has 5 rings (SSSR count). The second-order valence-electron chi connectivity index (χ2n) is 8.01. The monoisotopic (exact) mass is 589 g/mol. The first kappa shape index (κ1) is 25.7. The zero-order chi connectivity index (χ0) is 26.1. The van der Waals surface area contributed by atoms with E-state index in [2.05, 4.69) is 26.6 Å². The number of ketones is 1. The molecule has 1 amide bonds. The van der Waals surface area contributed by atoms with Crippen LogP contribution in [-0.2, 0) is 9.59 Å². The standard InChI is InChI=1S/C23H17Cl2N7O2S3/c24-13-5-4-11(8-14(13)25)18-12(9-26)20(27)32(15-2-1-3-16(33)19(15)18)22-30-31-23(37-22)36-10-17(34)29-21-28-6-7-35-21/h4-8,18H,1-3,10,27H2,(H,28,29,34). The molecule has 0 spiro atoms. The largest absolute Gasteiger partial charge is 0.384 e. The maximum atomic E-state index is 13.2. The van der Waals surface area contributed by atoms with Gasteiger partial charge in [-0.25, -0.2) is 4.98 Å². The minimum atomic E-state index is -0.657. The first-order valence-corrected chi connectivity index (χ1v) is 14.4. The molecule has 0 fully saturated rings. The topological polar surface area (TPSA) is 138 Å². The van der Waals surface area contributed by atoms with Crippen molar-refractivity contribution in [1.29, 1.82) is 5.26 Å². The fourth-order valence-corrected chi connectivity index (χ4v) is 6.78. The highest BCUT2D eigenvalue weighted by Crippen LogP contribution is 2.47. The molecule has 2 aliphatic rings. The fraction of sp³-hybridized carbons (Fsp3) is 0.217. The summed E-state index contributed by atoms with van der Waals surface area (Å²) in [4.78, 5) is 31.1. The quantitative estimate of drug-likeness (QED) is 0.365.